The average molecular weight is 351 g/mol. The maximum absolute atomic E-state index is 12.3. The van der Waals surface area contributed by atoms with E-state index in [1.165, 1.54) is 12.1 Å². The van der Waals surface area contributed by atoms with Crippen molar-refractivity contribution in [3.8, 4) is 22.7 Å². The highest BCUT2D eigenvalue weighted by Crippen LogP contribution is 2.35. The van der Waals surface area contributed by atoms with E-state index in [0.29, 0.717) is 5.69 Å². The molecule has 3 aromatic rings. The van der Waals surface area contributed by atoms with Crippen molar-refractivity contribution in [2.75, 3.05) is 11.9 Å². The molecule has 0 saturated heterocycles. The van der Waals surface area contributed by atoms with Gasteiger partial charge in [-0.05, 0) is 42.1 Å². The topological polar surface area (TPSA) is 39.1 Å². The first kappa shape index (κ1) is 15.1. The average Bonchev–Trinajstić information content (AvgIpc) is 3.24. The Kier molecular flexibility index (Phi) is 3.49. The molecule has 0 atom stereocenters. The molecule has 0 amide bonds. The summed E-state index contributed by atoms with van der Waals surface area (Å²) >= 11 is 1.60. The van der Waals surface area contributed by atoms with Gasteiger partial charge in [0, 0.05) is 23.1 Å². The van der Waals surface area contributed by atoms with Crippen LogP contribution in [-0.4, -0.2) is 22.7 Å². The van der Waals surface area contributed by atoms with Crippen LogP contribution in [0.25, 0.3) is 16.9 Å². The third-order valence-electron chi connectivity index (χ3n) is 3.76. The quantitative estimate of drug-likeness (QED) is 0.757. The normalized spacial score (nSPS) is 13.6. The van der Waals surface area contributed by atoms with Gasteiger partial charge in [0.15, 0.2) is 0 Å². The molecule has 4 nitrogen and oxygen atoms in total. The molecular formula is C16H12F3N3OS. The van der Waals surface area contributed by atoms with Crippen LogP contribution >= 0.6 is 11.3 Å². The van der Waals surface area contributed by atoms with E-state index >= 15 is 0 Å². The van der Waals surface area contributed by atoms with Gasteiger partial charge in [0.2, 0.25) is 0 Å². The van der Waals surface area contributed by atoms with E-state index in [1.807, 2.05) is 16.8 Å². The van der Waals surface area contributed by atoms with E-state index < -0.39 is 6.36 Å². The van der Waals surface area contributed by atoms with Crippen LogP contribution in [0.2, 0.25) is 0 Å². The van der Waals surface area contributed by atoms with E-state index in [2.05, 4.69) is 15.2 Å². The van der Waals surface area contributed by atoms with Crippen LogP contribution in [-0.2, 0) is 6.42 Å². The Morgan fingerprint density at radius 2 is 1.96 bits per heavy atom. The Bertz CT molecular complexity index is 854. The number of ether oxygens (including phenoxy) is 1. The van der Waals surface area contributed by atoms with Gasteiger partial charge in [-0.15, -0.1) is 13.2 Å². The first-order valence-corrected chi connectivity index (χ1v) is 8.20. The zero-order valence-electron chi connectivity index (χ0n) is 12.3. The summed E-state index contributed by atoms with van der Waals surface area (Å²) in [6, 6.07) is 7.71. The molecule has 0 unspecified atom stereocenters. The Morgan fingerprint density at radius 3 is 2.62 bits per heavy atom. The molecule has 0 bridgehead atoms. The molecule has 24 heavy (non-hydrogen) atoms. The molecule has 0 spiro atoms. The molecule has 124 valence electrons. The van der Waals surface area contributed by atoms with Crippen LogP contribution in [0.15, 0.2) is 41.1 Å². The summed E-state index contributed by atoms with van der Waals surface area (Å²) in [6.45, 7) is 0.819. The van der Waals surface area contributed by atoms with Gasteiger partial charge in [-0.1, -0.05) is 0 Å². The highest BCUT2D eigenvalue weighted by molar-refractivity contribution is 7.08. The lowest BCUT2D eigenvalue weighted by Crippen LogP contribution is -2.17. The fourth-order valence-corrected chi connectivity index (χ4v) is 3.42. The standard InChI is InChI=1S/C16H12F3N3OS/c17-16(18,19)23-12-3-1-11(2-4-12)22-15-13(5-7-20-15)14(21-22)10-6-8-24-9-10/h1-4,6,8-9,20H,5,7H2. The van der Waals surface area contributed by atoms with Crippen molar-refractivity contribution in [2.45, 2.75) is 12.8 Å². The van der Waals surface area contributed by atoms with Crippen LogP contribution in [0.4, 0.5) is 19.0 Å². The van der Waals surface area contributed by atoms with Gasteiger partial charge in [-0.2, -0.15) is 16.4 Å². The van der Waals surface area contributed by atoms with Gasteiger partial charge in [0.1, 0.15) is 11.6 Å². The van der Waals surface area contributed by atoms with E-state index in [9.17, 15) is 13.2 Å². The second-order valence-electron chi connectivity index (χ2n) is 5.32. The summed E-state index contributed by atoms with van der Waals surface area (Å²) in [7, 11) is 0. The smallest absolute Gasteiger partial charge is 0.406 e. The third-order valence-corrected chi connectivity index (χ3v) is 4.44. The number of aromatic nitrogens is 2. The van der Waals surface area contributed by atoms with Gasteiger partial charge >= 0.3 is 6.36 Å². The van der Waals surface area contributed by atoms with Crippen LogP contribution in [0.3, 0.4) is 0 Å². The fourth-order valence-electron chi connectivity index (χ4n) is 2.78. The van der Waals surface area contributed by atoms with Gasteiger partial charge in [-0.3, -0.25) is 0 Å². The van der Waals surface area contributed by atoms with Crippen molar-refractivity contribution in [1.29, 1.82) is 0 Å². The molecule has 1 aliphatic heterocycles. The van der Waals surface area contributed by atoms with Crippen LogP contribution in [0.1, 0.15) is 5.56 Å². The maximum atomic E-state index is 12.3. The highest BCUT2D eigenvalue weighted by atomic mass is 32.1. The lowest BCUT2D eigenvalue weighted by molar-refractivity contribution is -0.274. The Morgan fingerprint density at radius 1 is 1.17 bits per heavy atom. The SMILES string of the molecule is FC(F)(F)Oc1ccc(-n2nc(-c3ccsc3)c3c2NCC3)cc1. The summed E-state index contributed by atoms with van der Waals surface area (Å²) in [5.41, 5.74) is 3.77. The molecule has 0 saturated carbocycles. The fraction of sp³-hybridized carbons (Fsp3) is 0.188. The summed E-state index contributed by atoms with van der Waals surface area (Å²) in [4.78, 5) is 0. The molecule has 0 radical (unpaired) electrons. The van der Waals surface area contributed by atoms with Crippen molar-refractivity contribution in [3.63, 3.8) is 0 Å². The summed E-state index contributed by atoms with van der Waals surface area (Å²) in [6.07, 6.45) is -3.82. The number of halogens is 3. The maximum Gasteiger partial charge on any atom is 0.573 e. The van der Waals surface area contributed by atoms with Gasteiger partial charge in [0.25, 0.3) is 0 Å². The molecule has 2 aromatic heterocycles. The van der Waals surface area contributed by atoms with E-state index in [1.54, 1.807) is 28.2 Å². The monoisotopic (exact) mass is 351 g/mol. The van der Waals surface area contributed by atoms with Crippen molar-refractivity contribution < 1.29 is 17.9 Å². The predicted octanol–water partition coefficient (Wildman–Crippen LogP) is 4.47. The molecule has 3 heterocycles. The van der Waals surface area contributed by atoms with Crippen molar-refractivity contribution in [1.82, 2.24) is 9.78 Å². The number of thiophene rings is 1. The molecule has 4 rings (SSSR count). The number of hydrogen-bond acceptors (Lipinski definition) is 4. The predicted molar refractivity (Wildman–Crippen MR) is 85.8 cm³/mol. The molecule has 0 aliphatic carbocycles. The van der Waals surface area contributed by atoms with Crippen molar-refractivity contribution in [2.24, 2.45) is 0 Å². The molecule has 0 fully saturated rings. The largest absolute Gasteiger partial charge is 0.573 e. The minimum atomic E-state index is -4.69. The second kappa shape index (κ2) is 5.55. The Hall–Kier alpha value is -2.48. The molecule has 1 N–H and O–H groups in total. The minimum absolute atomic E-state index is 0.249. The Labute approximate surface area is 139 Å². The summed E-state index contributed by atoms with van der Waals surface area (Å²) in [5.74, 6) is 0.641. The first-order chi connectivity index (χ1) is 11.5. The summed E-state index contributed by atoms with van der Waals surface area (Å²) in [5, 5.41) is 12.0. The summed E-state index contributed by atoms with van der Waals surface area (Å²) < 4.78 is 42.4. The number of alkyl halides is 3. The first-order valence-electron chi connectivity index (χ1n) is 7.26. The van der Waals surface area contributed by atoms with E-state index in [-0.39, 0.29) is 5.75 Å². The number of rotatable bonds is 3. The van der Waals surface area contributed by atoms with Crippen LogP contribution < -0.4 is 10.1 Å². The molecule has 1 aromatic carbocycles. The minimum Gasteiger partial charge on any atom is -0.406 e. The van der Waals surface area contributed by atoms with Gasteiger partial charge in [0.05, 0.1) is 11.4 Å². The third kappa shape index (κ3) is 2.73. The van der Waals surface area contributed by atoms with Crippen molar-refractivity contribution >= 4 is 17.2 Å². The van der Waals surface area contributed by atoms with Gasteiger partial charge in [-0.25, -0.2) is 4.68 Å². The number of hydrogen-bond donors (Lipinski definition) is 1. The highest BCUT2D eigenvalue weighted by Gasteiger charge is 2.31. The van der Waals surface area contributed by atoms with Crippen LogP contribution in [0, 0.1) is 0 Å². The lowest BCUT2D eigenvalue weighted by atomic mass is 10.1. The number of anilines is 1. The number of benzene rings is 1. The number of nitrogens with one attached hydrogen (secondary N) is 1. The molecular weight excluding hydrogens is 339 g/mol. The zero-order valence-corrected chi connectivity index (χ0v) is 13.1. The van der Waals surface area contributed by atoms with E-state index in [4.69, 9.17) is 0 Å². The number of nitrogens with zero attached hydrogens (tertiary/aromatic N) is 2. The van der Waals surface area contributed by atoms with Crippen molar-refractivity contribution in [3.05, 3.63) is 46.7 Å². The molecule has 8 heteroatoms. The van der Waals surface area contributed by atoms with E-state index in [0.717, 1.165) is 35.6 Å². The second-order valence-corrected chi connectivity index (χ2v) is 6.10. The number of fused-ring (bicyclic) bond motifs is 1. The lowest BCUT2D eigenvalue weighted by Gasteiger charge is -2.10. The molecule has 1 aliphatic rings. The Balaban J connectivity index is 1.71. The zero-order chi connectivity index (χ0) is 16.7. The van der Waals surface area contributed by atoms with Gasteiger partial charge < -0.3 is 10.1 Å². The van der Waals surface area contributed by atoms with Crippen LogP contribution in [0.5, 0.6) is 5.75 Å².